The van der Waals surface area contributed by atoms with Crippen molar-refractivity contribution in [2.75, 3.05) is 0 Å². The molecule has 4 rings (SSSR count). The van der Waals surface area contributed by atoms with Crippen LogP contribution in [-0.4, -0.2) is 10.8 Å². The first kappa shape index (κ1) is 14.7. The Morgan fingerprint density at radius 3 is 2.67 bits per heavy atom. The quantitative estimate of drug-likeness (QED) is 0.282. The van der Waals surface area contributed by atoms with Gasteiger partial charge in [-0.2, -0.15) is 0 Å². The van der Waals surface area contributed by atoms with Crippen molar-refractivity contribution < 1.29 is 9.21 Å². The van der Waals surface area contributed by atoms with Crippen LogP contribution in [0.3, 0.4) is 0 Å². The second-order valence-electron chi connectivity index (χ2n) is 5.26. The molecule has 0 atom stereocenters. The largest absolute Gasteiger partial charge is 0.431 e. The molecule has 0 N–H and O–H groups in total. The molecule has 0 saturated carbocycles. The van der Waals surface area contributed by atoms with Gasteiger partial charge in [-0.1, -0.05) is 54.6 Å². The highest BCUT2D eigenvalue weighted by Crippen LogP contribution is 2.24. The summed E-state index contributed by atoms with van der Waals surface area (Å²) in [4.78, 5) is 16.8. The van der Waals surface area contributed by atoms with Gasteiger partial charge in [-0.05, 0) is 46.2 Å². The highest BCUT2D eigenvalue weighted by Gasteiger charge is 2.07. The van der Waals surface area contributed by atoms with Gasteiger partial charge in [0, 0.05) is 5.56 Å². The number of rotatable bonds is 4. The number of ketones is 1. The number of para-hydroxylation sites is 2. The Morgan fingerprint density at radius 2 is 1.75 bits per heavy atom. The van der Waals surface area contributed by atoms with Gasteiger partial charge in [-0.15, -0.1) is 0 Å². The van der Waals surface area contributed by atoms with Crippen LogP contribution >= 0.6 is 11.8 Å². The molecule has 0 radical (unpaired) electrons. The van der Waals surface area contributed by atoms with Crippen molar-refractivity contribution in [2.24, 2.45) is 0 Å². The van der Waals surface area contributed by atoms with Gasteiger partial charge in [0.15, 0.2) is 11.4 Å². The zero-order valence-electron chi connectivity index (χ0n) is 12.7. The van der Waals surface area contributed by atoms with E-state index in [1.165, 1.54) is 11.8 Å². The van der Waals surface area contributed by atoms with E-state index in [-0.39, 0.29) is 5.78 Å². The Bertz CT molecular complexity index is 1030. The van der Waals surface area contributed by atoms with Crippen LogP contribution in [0.4, 0.5) is 0 Å². The van der Waals surface area contributed by atoms with Crippen LogP contribution in [0.15, 0.2) is 87.9 Å². The molecule has 3 nitrogen and oxygen atoms in total. The molecule has 0 saturated heterocycles. The number of carbonyl (C=O) groups is 1. The van der Waals surface area contributed by atoms with E-state index in [2.05, 4.69) is 4.98 Å². The van der Waals surface area contributed by atoms with Crippen LogP contribution in [0.5, 0.6) is 0 Å². The molecule has 0 spiro atoms. The molecule has 1 heterocycles. The maximum absolute atomic E-state index is 12.5. The van der Waals surface area contributed by atoms with Crippen LogP contribution in [0.1, 0.15) is 10.4 Å². The van der Waals surface area contributed by atoms with Gasteiger partial charge in [0.1, 0.15) is 5.52 Å². The number of benzene rings is 3. The third-order valence-electron chi connectivity index (χ3n) is 3.72. The van der Waals surface area contributed by atoms with Crippen LogP contribution in [-0.2, 0) is 0 Å². The molecule has 4 heteroatoms. The molecule has 0 fully saturated rings. The summed E-state index contributed by atoms with van der Waals surface area (Å²) in [6, 6.07) is 21.2. The maximum Gasteiger partial charge on any atom is 0.261 e. The molecule has 0 amide bonds. The predicted octanol–water partition coefficient (Wildman–Crippen LogP) is 5.47. The second-order valence-corrected chi connectivity index (χ2v) is 6.12. The van der Waals surface area contributed by atoms with Gasteiger partial charge in [-0.3, -0.25) is 4.79 Å². The van der Waals surface area contributed by atoms with Crippen LogP contribution in [0.25, 0.3) is 21.9 Å². The van der Waals surface area contributed by atoms with Crippen LogP contribution < -0.4 is 0 Å². The van der Waals surface area contributed by atoms with E-state index >= 15 is 0 Å². The lowest BCUT2D eigenvalue weighted by molar-refractivity contribution is 0.104. The Hall–Kier alpha value is -2.85. The molecule has 0 unspecified atom stereocenters. The first-order valence-electron chi connectivity index (χ1n) is 7.52. The average Bonchev–Trinajstić information content (AvgIpc) is 3.04. The fourth-order valence-corrected chi connectivity index (χ4v) is 3.18. The summed E-state index contributed by atoms with van der Waals surface area (Å²) in [7, 11) is 0. The monoisotopic (exact) mass is 331 g/mol. The number of carbonyl (C=O) groups excluding carboxylic acids is 1. The molecule has 0 bridgehead atoms. The first-order chi connectivity index (χ1) is 11.8. The molecular formula is C20H13NO2S. The number of oxazole rings is 1. The summed E-state index contributed by atoms with van der Waals surface area (Å²) in [5.41, 5.74) is 2.25. The van der Waals surface area contributed by atoms with E-state index in [1.807, 2.05) is 66.7 Å². The van der Waals surface area contributed by atoms with Crippen molar-refractivity contribution >= 4 is 39.4 Å². The summed E-state index contributed by atoms with van der Waals surface area (Å²) in [5.74, 6) is -0.0320. The summed E-state index contributed by atoms with van der Waals surface area (Å²) in [6.45, 7) is 0. The standard InChI is InChI=1S/C20H13NO2S/c22-18(16-9-5-7-14-6-1-2-8-15(14)16)12-13-24-20-21-17-10-3-4-11-19(17)23-20/h1-13H. The van der Waals surface area contributed by atoms with Crippen molar-refractivity contribution in [1.82, 2.24) is 4.98 Å². The molecule has 24 heavy (non-hydrogen) atoms. The number of fused-ring (bicyclic) bond motifs is 2. The lowest BCUT2D eigenvalue weighted by Gasteiger charge is -2.02. The van der Waals surface area contributed by atoms with Crippen molar-refractivity contribution in [3.8, 4) is 0 Å². The molecule has 0 aliphatic heterocycles. The van der Waals surface area contributed by atoms with E-state index in [0.717, 1.165) is 21.9 Å². The molecular weight excluding hydrogens is 318 g/mol. The summed E-state index contributed by atoms with van der Waals surface area (Å²) in [5, 5.41) is 4.26. The molecule has 0 aliphatic rings. The minimum atomic E-state index is -0.0320. The minimum absolute atomic E-state index is 0.0320. The Morgan fingerprint density at radius 1 is 0.958 bits per heavy atom. The number of hydrogen-bond donors (Lipinski definition) is 0. The molecule has 0 aliphatic carbocycles. The summed E-state index contributed by atoms with van der Waals surface area (Å²) < 4.78 is 5.62. The van der Waals surface area contributed by atoms with Gasteiger partial charge < -0.3 is 4.42 Å². The fourth-order valence-electron chi connectivity index (χ4n) is 2.59. The van der Waals surface area contributed by atoms with Gasteiger partial charge in [0.2, 0.25) is 0 Å². The van der Waals surface area contributed by atoms with Gasteiger partial charge in [0.25, 0.3) is 5.22 Å². The topological polar surface area (TPSA) is 43.1 Å². The third kappa shape index (κ3) is 2.84. The molecule has 4 aromatic rings. The molecule has 1 aromatic heterocycles. The van der Waals surface area contributed by atoms with Crippen molar-refractivity contribution in [2.45, 2.75) is 5.22 Å². The lowest BCUT2D eigenvalue weighted by Crippen LogP contribution is -1.95. The van der Waals surface area contributed by atoms with E-state index in [1.54, 1.807) is 11.5 Å². The minimum Gasteiger partial charge on any atom is -0.431 e. The zero-order valence-corrected chi connectivity index (χ0v) is 13.5. The SMILES string of the molecule is O=C(C=CSc1nc2ccccc2o1)c1cccc2ccccc12. The number of thioether (sulfide) groups is 1. The molecule has 3 aromatic carbocycles. The van der Waals surface area contributed by atoms with Crippen LogP contribution in [0.2, 0.25) is 0 Å². The Kier molecular flexibility index (Phi) is 3.89. The molecule has 116 valence electrons. The first-order valence-corrected chi connectivity index (χ1v) is 8.40. The van der Waals surface area contributed by atoms with E-state index in [9.17, 15) is 4.79 Å². The number of nitrogens with zero attached hydrogens (tertiary/aromatic N) is 1. The van der Waals surface area contributed by atoms with Crippen molar-refractivity contribution in [1.29, 1.82) is 0 Å². The average molecular weight is 331 g/mol. The van der Waals surface area contributed by atoms with Gasteiger partial charge >= 0.3 is 0 Å². The van der Waals surface area contributed by atoms with Crippen molar-refractivity contribution in [3.63, 3.8) is 0 Å². The number of allylic oxidation sites excluding steroid dienone is 1. The number of aromatic nitrogens is 1. The second kappa shape index (κ2) is 6.34. The van der Waals surface area contributed by atoms with E-state index in [0.29, 0.717) is 10.8 Å². The summed E-state index contributed by atoms with van der Waals surface area (Å²) >= 11 is 1.30. The fraction of sp³-hybridized carbons (Fsp3) is 0. The number of hydrogen-bond acceptors (Lipinski definition) is 4. The van der Waals surface area contributed by atoms with Gasteiger partial charge in [-0.25, -0.2) is 4.98 Å². The lowest BCUT2D eigenvalue weighted by atomic mass is 10.0. The van der Waals surface area contributed by atoms with E-state index in [4.69, 9.17) is 4.42 Å². The highest BCUT2D eigenvalue weighted by atomic mass is 32.2. The Labute approximate surface area is 143 Å². The zero-order chi connectivity index (χ0) is 16.4. The normalized spacial score (nSPS) is 11.5. The van der Waals surface area contributed by atoms with Gasteiger partial charge in [0.05, 0.1) is 0 Å². The van der Waals surface area contributed by atoms with E-state index < -0.39 is 0 Å². The maximum atomic E-state index is 12.5. The van der Waals surface area contributed by atoms with Crippen molar-refractivity contribution in [3.05, 3.63) is 83.8 Å². The third-order valence-corrected chi connectivity index (χ3v) is 4.37. The summed E-state index contributed by atoms with van der Waals surface area (Å²) in [6.07, 6.45) is 1.56. The predicted molar refractivity (Wildman–Crippen MR) is 97.3 cm³/mol. The highest BCUT2D eigenvalue weighted by molar-refractivity contribution is 8.01. The smallest absolute Gasteiger partial charge is 0.261 e. The van der Waals surface area contributed by atoms with Crippen LogP contribution in [0, 0.1) is 0 Å². The Balaban J connectivity index is 1.55.